The summed E-state index contributed by atoms with van der Waals surface area (Å²) in [5.41, 5.74) is 4.95. The molecule has 1 N–H and O–H groups in total. The maximum atomic E-state index is 13.5. The maximum absolute atomic E-state index is 13.5. The van der Waals surface area contributed by atoms with E-state index in [4.69, 9.17) is 26.8 Å². The zero-order valence-electron chi connectivity index (χ0n) is 24.0. The minimum Gasteiger partial charge on any atom is -0.492 e. The van der Waals surface area contributed by atoms with Crippen molar-refractivity contribution in [1.29, 1.82) is 0 Å². The molecule has 0 bridgehead atoms. The van der Waals surface area contributed by atoms with Gasteiger partial charge in [-0.1, -0.05) is 54.3 Å². The van der Waals surface area contributed by atoms with Crippen LogP contribution in [0.2, 0.25) is 0 Å². The monoisotopic (exact) mass is 625 g/mol. The lowest BCUT2D eigenvalue weighted by atomic mass is 10.0. The SMILES string of the molecule is O=C(O)c1ccc(CCN2C(=O)/C(=C/c3cc(-c4ccc5ncccc5c4)ccc3OCCN3CCOCC3)SC2=S)cc1. The van der Waals surface area contributed by atoms with Gasteiger partial charge < -0.3 is 14.6 Å². The number of carboxylic acid groups (broad SMARTS) is 1. The molecule has 0 unspecified atom stereocenters. The Hall–Kier alpha value is -4.09. The number of hydrogen-bond donors (Lipinski definition) is 1. The largest absolute Gasteiger partial charge is 0.492 e. The van der Waals surface area contributed by atoms with Gasteiger partial charge in [0.05, 0.1) is 29.2 Å². The topological polar surface area (TPSA) is 92.2 Å². The number of aromatic carboxylic acids is 1. The van der Waals surface area contributed by atoms with Gasteiger partial charge in [0.25, 0.3) is 5.91 Å². The molecule has 1 amide bonds. The fourth-order valence-electron chi connectivity index (χ4n) is 5.23. The molecule has 224 valence electrons. The first-order chi connectivity index (χ1) is 21.4. The van der Waals surface area contributed by atoms with E-state index in [9.17, 15) is 9.59 Å². The number of nitrogens with zero attached hydrogens (tertiary/aromatic N) is 3. The van der Waals surface area contributed by atoms with Crippen LogP contribution in [-0.4, -0.2) is 82.1 Å². The highest BCUT2D eigenvalue weighted by Gasteiger charge is 2.32. The van der Waals surface area contributed by atoms with Crippen LogP contribution < -0.4 is 4.74 Å². The van der Waals surface area contributed by atoms with E-state index in [0.717, 1.165) is 66.0 Å². The van der Waals surface area contributed by atoms with Crippen LogP contribution >= 0.6 is 24.0 Å². The summed E-state index contributed by atoms with van der Waals surface area (Å²) < 4.78 is 12.2. The number of carbonyl (C=O) groups is 2. The first-order valence-electron chi connectivity index (χ1n) is 14.4. The number of thioether (sulfide) groups is 1. The molecule has 2 aliphatic heterocycles. The predicted octanol–water partition coefficient (Wildman–Crippen LogP) is 5.75. The number of carbonyl (C=O) groups excluding carboxylic acids is 1. The van der Waals surface area contributed by atoms with Gasteiger partial charge in [-0.25, -0.2) is 4.79 Å². The van der Waals surface area contributed by atoms with Gasteiger partial charge in [-0.3, -0.25) is 19.6 Å². The molecule has 0 atom stereocenters. The number of amides is 1. The summed E-state index contributed by atoms with van der Waals surface area (Å²) in [5.74, 6) is -0.415. The van der Waals surface area contributed by atoms with Gasteiger partial charge >= 0.3 is 5.97 Å². The minimum absolute atomic E-state index is 0.149. The van der Waals surface area contributed by atoms with E-state index in [2.05, 4.69) is 28.1 Å². The molecule has 2 aliphatic rings. The Morgan fingerprint density at radius 2 is 1.80 bits per heavy atom. The number of fused-ring (bicyclic) bond motifs is 1. The van der Waals surface area contributed by atoms with Crippen LogP contribution in [0.4, 0.5) is 0 Å². The molecule has 0 aliphatic carbocycles. The van der Waals surface area contributed by atoms with Crippen LogP contribution in [0.15, 0.2) is 83.9 Å². The maximum Gasteiger partial charge on any atom is 0.335 e. The van der Waals surface area contributed by atoms with E-state index in [0.29, 0.717) is 34.5 Å². The number of aromatic nitrogens is 1. The highest BCUT2D eigenvalue weighted by atomic mass is 32.2. The Labute approximate surface area is 265 Å². The van der Waals surface area contributed by atoms with Gasteiger partial charge in [0, 0.05) is 43.3 Å². The van der Waals surface area contributed by atoms with Gasteiger partial charge in [0.1, 0.15) is 16.7 Å². The standard InChI is InChI=1S/C34H31N3O5S2/c38-32-31(44-34(43)37(32)13-11-23-3-5-24(6-4-23)33(39)40)22-28-21-26(25-7-9-29-27(20-25)2-1-12-35-29)8-10-30(28)42-19-16-36-14-17-41-18-15-36/h1-10,12,20-22H,11,13-19H2,(H,39,40)/b31-22-. The Morgan fingerprint density at radius 1 is 1.02 bits per heavy atom. The highest BCUT2D eigenvalue weighted by Crippen LogP contribution is 2.36. The van der Waals surface area contributed by atoms with E-state index in [1.54, 1.807) is 35.4 Å². The minimum atomic E-state index is -0.968. The van der Waals surface area contributed by atoms with Crippen molar-refractivity contribution in [2.75, 3.05) is 46.0 Å². The second-order valence-corrected chi connectivity index (χ2v) is 12.2. The number of thiocarbonyl (C=S) groups is 1. The van der Waals surface area contributed by atoms with Crippen LogP contribution in [0.5, 0.6) is 5.75 Å². The van der Waals surface area contributed by atoms with E-state index < -0.39 is 5.97 Å². The number of carboxylic acids is 1. The normalized spacial score (nSPS) is 16.6. The highest BCUT2D eigenvalue weighted by molar-refractivity contribution is 8.26. The molecule has 6 rings (SSSR count). The molecule has 4 aromatic rings. The summed E-state index contributed by atoms with van der Waals surface area (Å²) >= 11 is 6.88. The van der Waals surface area contributed by atoms with Crippen molar-refractivity contribution in [3.8, 4) is 16.9 Å². The van der Waals surface area contributed by atoms with Crippen LogP contribution in [-0.2, 0) is 16.0 Å². The van der Waals surface area contributed by atoms with Crippen LogP contribution in [0.3, 0.4) is 0 Å². The summed E-state index contributed by atoms with van der Waals surface area (Å²) in [6, 6.07) is 22.9. The van der Waals surface area contributed by atoms with Crippen molar-refractivity contribution in [3.05, 3.63) is 101 Å². The van der Waals surface area contributed by atoms with Crippen LogP contribution in [0, 0.1) is 0 Å². The molecular weight excluding hydrogens is 595 g/mol. The summed E-state index contributed by atoms with van der Waals surface area (Å²) in [5, 5.41) is 10.2. The Morgan fingerprint density at radius 3 is 2.59 bits per heavy atom. The third-order valence-electron chi connectivity index (χ3n) is 7.70. The van der Waals surface area contributed by atoms with Crippen molar-refractivity contribution in [3.63, 3.8) is 0 Å². The fourth-order valence-corrected chi connectivity index (χ4v) is 6.53. The molecule has 0 saturated carbocycles. The van der Waals surface area contributed by atoms with E-state index in [-0.39, 0.29) is 11.5 Å². The van der Waals surface area contributed by atoms with E-state index in [1.807, 2.05) is 36.4 Å². The molecule has 3 heterocycles. The van der Waals surface area contributed by atoms with Gasteiger partial charge in [-0.2, -0.15) is 0 Å². The molecule has 2 saturated heterocycles. The summed E-state index contributed by atoms with van der Waals surface area (Å²) in [4.78, 5) is 33.6. The number of rotatable bonds is 10. The Bertz CT molecular complexity index is 1730. The molecule has 2 fully saturated rings. The average molecular weight is 626 g/mol. The van der Waals surface area contributed by atoms with Crippen molar-refractivity contribution in [2.45, 2.75) is 6.42 Å². The number of ether oxygens (including phenoxy) is 2. The number of benzene rings is 3. The van der Waals surface area contributed by atoms with Gasteiger partial charge in [-0.15, -0.1) is 0 Å². The van der Waals surface area contributed by atoms with Crippen molar-refractivity contribution < 1.29 is 24.2 Å². The quantitative estimate of drug-likeness (QED) is 0.175. The smallest absolute Gasteiger partial charge is 0.335 e. The summed E-state index contributed by atoms with van der Waals surface area (Å²) in [7, 11) is 0. The molecule has 8 nitrogen and oxygen atoms in total. The molecule has 0 spiro atoms. The van der Waals surface area contributed by atoms with Crippen LogP contribution in [0.1, 0.15) is 21.5 Å². The lowest BCUT2D eigenvalue weighted by Crippen LogP contribution is -2.38. The Kier molecular flexibility index (Phi) is 9.32. The number of pyridine rings is 1. The fraction of sp³-hybridized carbons (Fsp3) is 0.235. The zero-order chi connectivity index (χ0) is 30.5. The first-order valence-corrected chi connectivity index (χ1v) is 15.7. The van der Waals surface area contributed by atoms with Crippen molar-refractivity contribution in [1.82, 2.24) is 14.8 Å². The lowest BCUT2D eigenvalue weighted by Gasteiger charge is -2.26. The molecule has 10 heteroatoms. The van der Waals surface area contributed by atoms with Crippen molar-refractivity contribution >= 4 is 57.2 Å². The van der Waals surface area contributed by atoms with E-state index >= 15 is 0 Å². The third-order valence-corrected chi connectivity index (χ3v) is 9.08. The predicted molar refractivity (Wildman–Crippen MR) is 177 cm³/mol. The Balaban J connectivity index is 1.23. The van der Waals surface area contributed by atoms with Crippen LogP contribution in [0.25, 0.3) is 28.1 Å². The number of hydrogen-bond acceptors (Lipinski definition) is 8. The number of morpholine rings is 1. The summed E-state index contributed by atoms with van der Waals surface area (Å²) in [6.07, 6.45) is 4.22. The first kappa shape index (κ1) is 30.0. The molecule has 3 aromatic carbocycles. The summed E-state index contributed by atoms with van der Waals surface area (Å²) in [6.45, 7) is 4.95. The van der Waals surface area contributed by atoms with Gasteiger partial charge in [-0.05, 0) is 71.7 Å². The van der Waals surface area contributed by atoms with Gasteiger partial charge in [0.15, 0.2) is 0 Å². The second-order valence-electron chi connectivity index (χ2n) is 10.6. The van der Waals surface area contributed by atoms with Crippen molar-refractivity contribution in [2.24, 2.45) is 0 Å². The molecule has 0 radical (unpaired) electrons. The third kappa shape index (κ3) is 7.00. The lowest BCUT2D eigenvalue weighted by molar-refractivity contribution is -0.122. The molecular formula is C34H31N3O5S2. The molecule has 1 aromatic heterocycles. The van der Waals surface area contributed by atoms with E-state index in [1.165, 1.54) is 11.8 Å². The average Bonchev–Trinajstić information content (AvgIpc) is 3.32. The molecule has 44 heavy (non-hydrogen) atoms. The second kappa shape index (κ2) is 13.7. The zero-order valence-corrected chi connectivity index (χ0v) is 25.6. The van der Waals surface area contributed by atoms with Gasteiger partial charge in [0.2, 0.25) is 0 Å².